The maximum atomic E-state index is 12.6. The molecule has 2 aromatic carbocycles. The first-order valence-corrected chi connectivity index (χ1v) is 8.25. The van der Waals surface area contributed by atoms with E-state index in [1.165, 1.54) is 30.3 Å². The Morgan fingerprint density at radius 3 is 2.48 bits per heavy atom. The largest absolute Gasteiger partial charge is 0.744 e. The first kappa shape index (κ1) is 15.9. The number of halogens is 2. The Morgan fingerprint density at radius 1 is 1.13 bits per heavy atom. The molecular weight excluding hydrogens is 365 g/mol. The summed E-state index contributed by atoms with van der Waals surface area (Å²) in [6, 6.07) is 7.86. The van der Waals surface area contributed by atoms with Crippen molar-refractivity contribution >= 4 is 50.3 Å². The monoisotopic (exact) mass is 370 g/mol. The van der Waals surface area contributed by atoms with Crippen LogP contribution in [-0.4, -0.2) is 33.9 Å². The number of fused-ring (bicyclic) bond motifs is 1. The number of rotatable bonds is 2. The Labute approximate surface area is 140 Å². The second-order valence-corrected chi connectivity index (χ2v) is 6.67. The lowest BCUT2D eigenvalue weighted by atomic mass is 10.2. The summed E-state index contributed by atoms with van der Waals surface area (Å²) in [4.78, 5) is 11.9. The molecule has 0 aliphatic carbocycles. The molecule has 0 aliphatic heterocycles. The number of hydrogen-bond donors (Lipinski definition) is 0. The quantitative estimate of drug-likeness (QED) is 0.641. The van der Waals surface area contributed by atoms with Crippen LogP contribution >= 0.6 is 23.2 Å². The lowest BCUT2D eigenvalue weighted by Crippen LogP contribution is -2.17. The molecule has 118 valence electrons. The molecule has 0 saturated heterocycles. The van der Waals surface area contributed by atoms with Gasteiger partial charge in [0.15, 0.2) is 0 Å². The number of benzene rings is 2. The fraction of sp³-hybridized carbons (Fsp3) is 0. The van der Waals surface area contributed by atoms with E-state index in [1.54, 1.807) is 0 Å². The number of aromatic nitrogens is 3. The molecule has 0 aliphatic rings. The summed E-state index contributed by atoms with van der Waals surface area (Å²) < 4.78 is 34.8. The Balaban J connectivity index is 2.22. The topological polar surface area (TPSA) is 105 Å². The van der Waals surface area contributed by atoms with Crippen molar-refractivity contribution in [1.29, 1.82) is 0 Å². The van der Waals surface area contributed by atoms with Crippen LogP contribution in [0.3, 0.4) is 0 Å². The van der Waals surface area contributed by atoms with Crippen LogP contribution in [0.4, 0.5) is 0 Å². The Bertz CT molecular complexity index is 1050. The maximum Gasteiger partial charge on any atom is 0.281 e. The van der Waals surface area contributed by atoms with Gasteiger partial charge in [0.2, 0.25) is 0 Å². The minimum absolute atomic E-state index is 0.181. The van der Waals surface area contributed by atoms with Crippen LogP contribution in [0, 0.1) is 0 Å². The zero-order chi connectivity index (χ0) is 16.8. The summed E-state index contributed by atoms with van der Waals surface area (Å²) in [5.74, 6) is -0.819. The molecular formula is C13H6Cl2N3O4S-. The standard InChI is InChI=1S/C13H7Cl2N3O4S/c14-8-5-10-11(6-9(8)15)18(17-16-10)13(19)7-3-1-2-4-12(7)23(20,21)22/h1-6H,(H,20,21,22)/p-1. The van der Waals surface area contributed by atoms with Crippen LogP contribution in [0.25, 0.3) is 11.0 Å². The van der Waals surface area contributed by atoms with Crippen LogP contribution in [-0.2, 0) is 10.1 Å². The molecule has 0 bridgehead atoms. The van der Waals surface area contributed by atoms with Gasteiger partial charge in [-0.05, 0) is 24.3 Å². The van der Waals surface area contributed by atoms with Crippen molar-refractivity contribution in [1.82, 2.24) is 15.0 Å². The van der Waals surface area contributed by atoms with Gasteiger partial charge in [-0.2, -0.15) is 4.68 Å². The highest BCUT2D eigenvalue weighted by molar-refractivity contribution is 7.85. The minimum Gasteiger partial charge on any atom is -0.744 e. The predicted octanol–water partition coefficient (Wildman–Crippen LogP) is 2.33. The van der Waals surface area contributed by atoms with Gasteiger partial charge in [-0.15, -0.1) is 5.10 Å². The van der Waals surface area contributed by atoms with E-state index in [2.05, 4.69) is 10.3 Å². The molecule has 3 aromatic rings. The number of hydrogen-bond acceptors (Lipinski definition) is 6. The van der Waals surface area contributed by atoms with Gasteiger partial charge in [0.05, 0.1) is 26.0 Å². The molecule has 0 atom stereocenters. The highest BCUT2D eigenvalue weighted by Gasteiger charge is 2.20. The molecule has 0 radical (unpaired) electrons. The summed E-state index contributed by atoms with van der Waals surface area (Å²) in [5, 5.41) is 7.88. The first-order chi connectivity index (χ1) is 10.8. The lowest BCUT2D eigenvalue weighted by molar-refractivity contribution is 0.0944. The molecule has 0 fully saturated rings. The van der Waals surface area contributed by atoms with Crippen LogP contribution in [0.2, 0.25) is 10.0 Å². The molecule has 3 rings (SSSR count). The second-order valence-electron chi connectivity index (χ2n) is 4.51. The van der Waals surface area contributed by atoms with Gasteiger partial charge >= 0.3 is 0 Å². The Kier molecular flexibility index (Phi) is 3.85. The summed E-state index contributed by atoms with van der Waals surface area (Å²) in [7, 11) is -4.82. The van der Waals surface area contributed by atoms with E-state index in [0.717, 1.165) is 10.7 Å². The van der Waals surface area contributed by atoms with Crippen molar-refractivity contribution in [3.63, 3.8) is 0 Å². The number of carbonyl (C=O) groups excluding carboxylic acids is 1. The van der Waals surface area contributed by atoms with Gasteiger partial charge in [0, 0.05) is 0 Å². The average Bonchev–Trinajstić information content (AvgIpc) is 2.89. The zero-order valence-electron chi connectivity index (χ0n) is 11.1. The molecule has 10 heteroatoms. The summed E-state index contributed by atoms with van der Waals surface area (Å²) >= 11 is 11.8. The fourth-order valence-corrected chi connectivity index (χ4v) is 3.03. The zero-order valence-corrected chi connectivity index (χ0v) is 13.4. The van der Waals surface area contributed by atoms with E-state index < -0.39 is 20.9 Å². The molecule has 7 nitrogen and oxygen atoms in total. The smallest absolute Gasteiger partial charge is 0.281 e. The average molecular weight is 371 g/mol. The SMILES string of the molecule is O=C(c1ccccc1S(=O)(=O)[O-])n1nnc2cc(Cl)c(Cl)cc21. The summed E-state index contributed by atoms with van der Waals surface area (Å²) in [6.45, 7) is 0. The third kappa shape index (κ3) is 2.81. The van der Waals surface area contributed by atoms with Crippen molar-refractivity contribution < 1.29 is 17.8 Å². The molecule has 0 unspecified atom stereocenters. The molecule has 1 heterocycles. The van der Waals surface area contributed by atoms with Crippen LogP contribution in [0.1, 0.15) is 10.4 Å². The lowest BCUT2D eigenvalue weighted by Gasteiger charge is -2.11. The normalized spacial score (nSPS) is 11.8. The van der Waals surface area contributed by atoms with Crippen molar-refractivity contribution in [2.24, 2.45) is 0 Å². The third-order valence-corrected chi connectivity index (χ3v) is 4.68. The van der Waals surface area contributed by atoms with Crippen molar-refractivity contribution in [2.75, 3.05) is 0 Å². The molecule has 0 N–H and O–H groups in total. The van der Waals surface area contributed by atoms with Crippen LogP contribution in [0.5, 0.6) is 0 Å². The van der Waals surface area contributed by atoms with E-state index in [9.17, 15) is 17.8 Å². The maximum absolute atomic E-state index is 12.6. The first-order valence-electron chi connectivity index (χ1n) is 6.09. The minimum atomic E-state index is -4.82. The van der Waals surface area contributed by atoms with Gasteiger partial charge < -0.3 is 4.55 Å². The van der Waals surface area contributed by atoms with Gasteiger partial charge in [0.1, 0.15) is 15.6 Å². The third-order valence-electron chi connectivity index (χ3n) is 3.07. The van der Waals surface area contributed by atoms with E-state index in [4.69, 9.17) is 23.2 Å². The van der Waals surface area contributed by atoms with Gasteiger partial charge in [0.25, 0.3) is 5.91 Å². The highest BCUT2D eigenvalue weighted by atomic mass is 35.5. The molecule has 0 saturated carbocycles. The van der Waals surface area contributed by atoms with Gasteiger partial charge in [-0.3, -0.25) is 4.79 Å². The van der Waals surface area contributed by atoms with Gasteiger partial charge in [-0.1, -0.05) is 40.5 Å². The van der Waals surface area contributed by atoms with E-state index in [1.807, 2.05) is 0 Å². The molecule has 0 spiro atoms. The van der Waals surface area contributed by atoms with Crippen molar-refractivity contribution in [3.8, 4) is 0 Å². The van der Waals surface area contributed by atoms with E-state index in [-0.39, 0.29) is 21.1 Å². The Morgan fingerprint density at radius 2 is 1.78 bits per heavy atom. The second kappa shape index (κ2) is 5.57. The Hall–Kier alpha value is -2.00. The molecule has 23 heavy (non-hydrogen) atoms. The van der Waals surface area contributed by atoms with Crippen molar-refractivity contribution in [3.05, 3.63) is 52.0 Å². The fourth-order valence-electron chi connectivity index (χ4n) is 2.04. The van der Waals surface area contributed by atoms with Crippen molar-refractivity contribution in [2.45, 2.75) is 4.90 Å². The van der Waals surface area contributed by atoms with Crippen LogP contribution in [0.15, 0.2) is 41.3 Å². The number of nitrogens with zero attached hydrogens (tertiary/aromatic N) is 3. The molecule has 1 aromatic heterocycles. The summed E-state index contributed by atoms with van der Waals surface area (Å²) in [6.07, 6.45) is 0. The highest BCUT2D eigenvalue weighted by Crippen LogP contribution is 2.27. The molecule has 0 amide bonds. The predicted molar refractivity (Wildman–Crippen MR) is 81.7 cm³/mol. The number of carbonyl (C=O) groups is 1. The van der Waals surface area contributed by atoms with E-state index in [0.29, 0.717) is 5.52 Å². The van der Waals surface area contributed by atoms with Crippen LogP contribution < -0.4 is 0 Å². The van der Waals surface area contributed by atoms with Gasteiger partial charge in [-0.25, -0.2) is 8.42 Å². The summed E-state index contributed by atoms with van der Waals surface area (Å²) in [5.41, 5.74) is 0.234. The van der Waals surface area contributed by atoms with E-state index >= 15 is 0 Å².